The van der Waals surface area contributed by atoms with E-state index in [1.54, 1.807) is 69.1 Å². The summed E-state index contributed by atoms with van der Waals surface area (Å²) in [6.45, 7) is 0.257. The molecule has 0 atom stereocenters. The van der Waals surface area contributed by atoms with Crippen LogP contribution in [-0.2, 0) is 41.5 Å². The maximum absolute atomic E-state index is 13.0. The van der Waals surface area contributed by atoms with Crippen molar-refractivity contribution in [2.45, 2.75) is 30.1 Å². The van der Waals surface area contributed by atoms with E-state index < -0.39 is 11.7 Å². The summed E-state index contributed by atoms with van der Waals surface area (Å²) in [6.07, 6.45) is 1.68. The number of halogens is 4. The molecule has 0 aliphatic heterocycles. The fourth-order valence-corrected chi connectivity index (χ4v) is 5.55. The van der Waals surface area contributed by atoms with E-state index in [0.717, 1.165) is 34.4 Å². The number of thioether (sulfide) groups is 1. The largest absolute Gasteiger partial charge is 0.467 e. The van der Waals surface area contributed by atoms with Gasteiger partial charge in [-0.2, -0.15) is 18.2 Å². The second kappa shape index (κ2) is 18.1. The SMILES string of the molecule is CN(C)C(=O)CN(C=O)Cc1ccc(-c2ccc(C(F)(F)F)cc2)cc1.COc1ncc(Cc2cn(C)c(SCc3ccc(F)cc3)nc2=O)cn1. The fourth-order valence-electron chi connectivity index (χ4n) is 4.66. The Labute approximate surface area is 302 Å². The second-order valence-electron chi connectivity index (χ2n) is 11.7. The molecular weight excluding hydrogens is 701 g/mol. The van der Waals surface area contributed by atoms with Crippen LogP contribution in [0.4, 0.5) is 17.6 Å². The zero-order valence-electron chi connectivity index (χ0n) is 28.8. The van der Waals surface area contributed by atoms with Gasteiger partial charge in [0, 0.05) is 64.0 Å². The Morgan fingerprint density at radius 1 is 0.904 bits per heavy atom. The number of aryl methyl sites for hydroxylation is 1. The van der Waals surface area contributed by atoms with Crippen molar-refractivity contribution in [1.82, 2.24) is 29.3 Å². The van der Waals surface area contributed by atoms with Gasteiger partial charge in [-0.1, -0.05) is 60.3 Å². The number of rotatable bonds is 12. The predicted molar refractivity (Wildman–Crippen MR) is 189 cm³/mol. The maximum atomic E-state index is 13.0. The van der Waals surface area contributed by atoms with Crippen LogP contribution in [0.3, 0.4) is 0 Å². The Morgan fingerprint density at radius 2 is 1.48 bits per heavy atom. The first-order valence-corrected chi connectivity index (χ1v) is 16.7. The molecule has 0 saturated heterocycles. The maximum Gasteiger partial charge on any atom is 0.416 e. The van der Waals surface area contributed by atoms with Gasteiger partial charge in [-0.05, 0) is 52.1 Å². The summed E-state index contributed by atoms with van der Waals surface area (Å²) in [7, 11) is 6.57. The minimum Gasteiger partial charge on any atom is -0.467 e. The van der Waals surface area contributed by atoms with Crippen LogP contribution in [0, 0.1) is 5.82 Å². The monoisotopic (exact) mass is 736 g/mol. The van der Waals surface area contributed by atoms with Crippen LogP contribution in [0.15, 0.2) is 101 Å². The van der Waals surface area contributed by atoms with Crippen molar-refractivity contribution < 1.29 is 31.9 Å². The molecule has 0 saturated carbocycles. The summed E-state index contributed by atoms with van der Waals surface area (Å²) < 4.78 is 57.5. The molecule has 2 aromatic heterocycles. The van der Waals surface area contributed by atoms with Crippen LogP contribution in [0.1, 0.15) is 27.8 Å². The summed E-state index contributed by atoms with van der Waals surface area (Å²) >= 11 is 1.43. The van der Waals surface area contributed by atoms with Crippen molar-refractivity contribution in [3.05, 3.63) is 135 Å². The number of methoxy groups -OCH3 is 1. The molecule has 3 aromatic carbocycles. The van der Waals surface area contributed by atoms with Crippen molar-refractivity contribution >= 4 is 24.1 Å². The molecule has 0 bridgehead atoms. The Hall–Kier alpha value is -5.57. The second-order valence-corrected chi connectivity index (χ2v) is 12.6. The number of carbonyl (C=O) groups is 2. The molecule has 0 unspecified atom stereocenters. The van der Waals surface area contributed by atoms with Crippen LogP contribution in [0.25, 0.3) is 11.1 Å². The minimum absolute atomic E-state index is 0.0167. The van der Waals surface area contributed by atoms with Crippen LogP contribution < -0.4 is 10.3 Å². The number of aromatic nitrogens is 4. The summed E-state index contributed by atoms with van der Waals surface area (Å²) in [6, 6.07) is 18.6. The molecule has 5 rings (SSSR count). The third-order valence-electron chi connectivity index (χ3n) is 7.53. The van der Waals surface area contributed by atoms with Gasteiger partial charge in [0.25, 0.3) is 5.56 Å². The number of ether oxygens (including phenoxy) is 1. The molecule has 0 spiro atoms. The van der Waals surface area contributed by atoms with E-state index in [1.807, 2.05) is 11.6 Å². The Kier molecular flexibility index (Phi) is 13.6. The number of amides is 2. The van der Waals surface area contributed by atoms with Crippen molar-refractivity contribution in [2.75, 3.05) is 27.7 Å². The lowest BCUT2D eigenvalue weighted by Gasteiger charge is -2.19. The van der Waals surface area contributed by atoms with Crippen LogP contribution in [0.2, 0.25) is 0 Å². The van der Waals surface area contributed by atoms with Crippen LogP contribution in [-0.4, -0.2) is 69.4 Å². The van der Waals surface area contributed by atoms with E-state index in [0.29, 0.717) is 34.9 Å². The van der Waals surface area contributed by atoms with E-state index in [2.05, 4.69) is 15.0 Å². The number of nitrogens with zero attached hydrogens (tertiary/aromatic N) is 6. The Morgan fingerprint density at radius 3 is 2.02 bits per heavy atom. The number of hydrogen-bond acceptors (Lipinski definition) is 8. The van der Waals surface area contributed by atoms with E-state index in [9.17, 15) is 31.9 Å². The average Bonchev–Trinajstić information content (AvgIpc) is 3.13. The molecule has 0 N–H and O–H groups in total. The quantitative estimate of drug-likeness (QED) is 0.0663. The molecule has 0 aliphatic rings. The van der Waals surface area contributed by atoms with E-state index in [4.69, 9.17) is 4.74 Å². The van der Waals surface area contributed by atoms with E-state index in [-0.39, 0.29) is 36.4 Å². The van der Waals surface area contributed by atoms with Gasteiger partial charge in [-0.3, -0.25) is 14.4 Å². The van der Waals surface area contributed by atoms with Crippen molar-refractivity contribution in [1.29, 1.82) is 0 Å². The normalized spacial score (nSPS) is 10.9. The van der Waals surface area contributed by atoms with Gasteiger partial charge >= 0.3 is 12.2 Å². The molecule has 2 heterocycles. The molecule has 5 aromatic rings. The lowest BCUT2D eigenvalue weighted by molar-refractivity contribution is -0.137. The molecular formula is C37H36F4N6O4S. The highest BCUT2D eigenvalue weighted by Gasteiger charge is 2.30. The lowest BCUT2D eigenvalue weighted by Crippen LogP contribution is -2.35. The highest BCUT2D eigenvalue weighted by Crippen LogP contribution is 2.31. The first kappa shape index (κ1) is 39.2. The molecule has 0 fully saturated rings. The van der Waals surface area contributed by atoms with Crippen molar-refractivity contribution in [3.8, 4) is 17.1 Å². The van der Waals surface area contributed by atoms with Crippen molar-refractivity contribution in [2.24, 2.45) is 7.05 Å². The summed E-state index contributed by atoms with van der Waals surface area (Å²) in [5.74, 6) is 0.154. The molecule has 10 nitrogen and oxygen atoms in total. The third kappa shape index (κ3) is 11.5. The number of alkyl halides is 3. The molecule has 2 amide bonds. The first-order valence-electron chi connectivity index (χ1n) is 15.7. The Balaban J connectivity index is 0.000000233. The fraction of sp³-hybridized carbons (Fsp3) is 0.243. The first-order chi connectivity index (χ1) is 24.7. The summed E-state index contributed by atoms with van der Waals surface area (Å²) in [5, 5.41) is 0.606. The number of carbonyl (C=O) groups excluding carboxylic acids is 2. The topological polar surface area (TPSA) is 111 Å². The molecule has 0 aliphatic carbocycles. The predicted octanol–water partition coefficient (Wildman–Crippen LogP) is 6.02. The molecule has 15 heteroatoms. The highest BCUT2D eigenvalue weighted by molar-refractivity contribution is 7.98. The molecule has 0 radical (unpaired) electrons. The van der Waals surface area contributed by atoms with Gasteiger partial charge in [0.1, 0.15) is 5.82 Å². The average molecular weight is 737 g/mol. The lowest BCUT2D eigenvalue weighted by atomic mass is 10.0. The van der Waals surface area contributed by atoms with Gasteiger partial charge in [-0.15, -0.1) is 0 Å². The zero-order valence-corrected chi connectivity index (χ0v) is 29.6. The minimum atomic E-state index is -4.36. The Bertz CT molecular complexity index is 1990. The van der Waals surface area contributed by atoms with E-state index in [1.165, 1.54) is 52.9 Å². The van der Waals surface area contributed by atoms with Gasteiger partial charge in [-0.25, -0.2) is 14.4 Å². The number of likely N-dealkylation sites (N-methyl/N-ethyl adjacent to an activating group) is 1. The standard InChI is InChI=1S/C19H19F3N2O2.C18H17FN4O2S/c1-23(2)18(26)12-24(13-25)11-14-3-5-15(6-4-14)16-7-9-17(10-8-16)19(20,21)22;1-23-10-14(7-13-8-20-17(25-2)21-9-13)16(24)22-18(23)26-11-12-3-5-15(19)6-4-12/h3-10,13H,11-12H2,1-2H3;3-6,8-10H,7,11H2,1-2H3. The number of hydrogen-bond donors (Lipinski definition) is 0. The van der Waals surface area contributed by atoms with Gasteiger partial charge in [0.05, 0.1) is 19.2 Å². The zero-order chi connectivity index (χ0) is 37.8. The number of benzene rings is 3. The highest BCUT2D eigenvalue weighted by atomic mass is 32.2. The van der Waals surface area contributed by atoms with Gasteiger partial charge in [0.2, 0.25) is 12.3 Å². The smallest absolute Gasteiger partial charge is 0.416 e. The third-order valence-corrected chi connectivity index (χ3v) is 8.65. The van der Waals surface area contributed by atoms with Gasteiger partial charge in [0.15, 0.2) is 5.16 Å². The van der Waals surface area contributed by atoms with Crippen LogP contribution in [0.5, 0.6) is 6.01 Å². The van der Waals surface area contributed by atoms with E-state index >= 15 is 0 Å². The van der Waals surface area contributed by atoms with Gasteiger partial charge < -0.3 is 19.1 Å². The summed E-state index contributed by atoms with van der Waals surface area (Å²) in [5.41, 5.74) is 3.61. The molecule has 272 valence electrons. The van der Waals surface area contributed by atoms with Crippen molar-refractivity contribution in [3.63, 3.8) is 0 Å². The molecule has 52 heavy (non-hydrogen) atoms. The van der Waals surface area contributed by atoms with Crippen LogP contribution >= 0.6 is 11.8 Å². The summed E-state index contributed by atoms with van der Waals surface area (Å²) in [4.78, 5) is 50.1.